The standard InChI is InChI=1S/C23H27N5O2S2/c1-6-27-20(15(2)30-18-9-7-16(8-10-18)23(3,4)5)25-26-22(27)32-14-17-13-19(29)28-11-12-31-21(28)24-17/h7-13,15H,6,14H2,1-5H3. The first-order valence-corrected chi connectivity index (χ1v) is 12.4. The van der Waals surface area contributed by atoms with Crippen LogP contribution in [0.15, 0.2) is 51.9 Å². The number of fused-ring (bicyclic) bond motifs is 1. The first kappa shape index (κ1) is 22.5. The summed E-state index contributed by atoms with van der Waals surface area (Å²) in [6.45, 7) is 11.3. The summed E-state index contributed by atoms with van der Waals surface area (Å²) >= 11 is 2.97. The molecule has 1 unspecified atom stereocenters. The number of benzene rings is 1. The molecule has 0 N–H and O–H groups in total. The van der Waals surface area contributed by atoms with Gasteiger partial charge in [-0.15, -0.1) is 21.5 Å². The Morgan fingerprint density at radius 2 is 1.94 bits per heavy atom. The molecule has 0 amide bonds. The van der Waals surface area contributed by atoms with E-state index in [1.165, 1.54) is 28.7 Å². The van der Waals surface area contributed by atoms with Crippen molar-refractivity contribution in [3.05, 3.63) is 69.3 Å². The quantitative estimate of drug-likeness (QED) is 0.351. The van der Waals surface area contributed by atoms with E-state index in [-0.39, 0.29) is 17.1 Å². The first-order chi connectivity index (χ1) is 15.3. The Morgan fingerprint density at radius 3 is 2.62 bits per heavy atom. The maximum atomic E-state index is 12.2. The molecule has 0 aliphatic heterocycles. The molecule has 168 valence electrons. The minimum absolute atomic E-state index is 0.0657. The molecule has 0 spiro atoms. The van der Waals surface area contributed by atoms with Crippen LogP contribution in [0, 0.1) is 0 Å². The monoisotopic (exact) mass is 469 g/mol. The lowest BCUT2D eigenvalue weighted by atomic mass is 9.87. The van der Waals surface area contributed by atoms with Crippen LogP contribution in [-0.2, 0) is 17.7 Å². The Bertz CT molecular complexity index is 1270. The summed E-state index contributed by atoms with van der Waals surface area (Å²) < 4.78 is 9.76. The molecule has 0 saturated carbocycles. The number of hydrogen-bond acceptors (Lipinski definition) is 7. The minimum atomic E-state index is -0.248. The van der Waals surface area contributed by atoms with Crippen molar-refractivity contribution >= 4 is 28.1 Å². The van der Waals surface area contributed by atoms with Crippen LogP contribution in [0.3, 0.4) is 0 Å². The zero-order chi connectivity index (χ0) is 22.9. The van der Waals surface area contributed by atoms with Crippen molar-refractivity contribution in [2.75, 3.05) is 0 Å². The molecule has 1 aromatic carbocycles. The summed E-state index contributed by atoms with van der Waals surface area (Å²) in [5.74, 6) is 2.13. The van der Waals surface area contributed by atoms with Crippen LogP contribution < -0.4 is 10.3 Å². The number of aromatic nitrogens is 5. The van der Waals surface area contributed by atoms with Crippen molar-refractivity contribution in [1.82, 2.24) is 24.1 Å². The summed E-state index contributed by atoms with van der Waals surface area (Å²) in [6, 6.07) is 9.80. The highest BCUT2D eigenvalue weighted by atomic mass is 32.2. The summed E-state index contributed by atoms with van der Waals surface area (Å²) in [4.78, 5) is 17.5. The van der Waals surface area contributed by atoms with Gasteiger partial charge in [-0.3, -0.25) is 9.20 Å². The first-order valence-electron chi connectivity index (χ1n) is 10.5. The third-order valence-corrected chi connectivity index (χ3v) is 6.92. The van der Waals surface area contributed by atoms with Gasteiger partial charge >= 0.3 is 0 Å². The number of thiazole rings is 1. The van der Waals surface area contributed by atoms with Crippen molar-refractivity contribution < 1.29 is 4.74 Å². The van der Waals surface area contributed by atoms with Gasteiger partial charge in [-0.1, -0.05) is 44.7 Å². The topological polar surface area (TPSA) is 74.3 Å². The molecule has 0 aliphatic rings. The van der Waals surface area contributed by atoms with Crippen LogP contribution in [0.2, 0.25) is 0 Å². The molecular formula is C23H27N5O2S2. The van der Waals surface area contributed by atoms with Gasteiger partial charge in [-0.05, 0) is 37.0 Å². The third kappa shape index (κ3) is 4.73. The van der Waals surface area contributed by atoms with E-state index >= 15 is 0 Å². The van der Waals surface area contributed by atoms with E-state index in [2.05, 4.69) is 59.6 Å². The molecule has 4 aromatic rings. The zero-order valence-corrected chi connectivity index (χ0v) is 20.5. The number of nitrogens with zero attached hydrogens (tertiary/aromatic N) is 5. The largest absolute Gasteiger partial charge is 0.483 e. The van der Waals surface area contributed by atoms with Crippen LogP contribution in [0.1, 0.15) is 57.8 Å². The van der Waals surface area contributed by atoms with Crippen LogP contribution in [0.5, 0.6) is 5.75 Å². The molecular weight excluding hydrogens is 442 g/mol. The number of rotatable bonds is 7. The number of ether oxygens (including phenoxy) is 1. The van der Waals surface area contributed by atoms with Gasteiger partial charge in [-0.2, -0.15) is 0 Å². The van der Waals surface area contributed by atoms with E-state index in [0.29, 0.717) is 10.7 Å². The highest BCUT2D eigenvalue weighted by Crippen LogP contribution is 2.28. The highest BCUT2D eigenvalue weighted by Gasteiger charge is 2.20. The Kier molecular flexibility index (Phi) is 6.39. The molecule has 9 heteroatoms. The van der Waals surface area contributed by atoms with Gasteiger partial charge in [0, 0.05) is 29.9 Å². The lowest BCUT2D eigenvalue weighted by molar-refractivity contribution is 0.210. The predicted molar refractivity (Wildman–Crippen MR) is 129 cm³/mol. The van der Waals surface area contributed by atoms with E-state index < -0.39 is 0 Å². The molecule has 0 fully saturated rings. The SMILES string of the molecule is CCn1c(SCc2cc(=O)n3ccsc3n2)nnc1C(C)Oc1ccc(C(C)(C)C)cc1. The van der Waals surface area contributed by atoms with Crippen LogP contribution in [-0.4, -0.2) is 24.1 Å². The number of thioether (sulfide) groups is 1. The van der Waals surface area contributed by atoms with Gasteiger partial charge in [0.25, 0.3) is 5.56 Å². The molecule has 32 heavy (non-hydrogen) atoms. The van der Waals surface area contributed by atoms with Crippen LogP contribution >= 0.6 is 23.1 Å². The van der Waals surface area contributed by atoms with Crippen LogP contribution in [0.25, 0.3) is 4.96 Å². The lowest BCUT2D eigenvalue weighted by Gasteiger charge is -2.20. The molecule has 3 aromatic heterocycles. The Balaban J connectivity index is 1.47. The Hall–Kier alpha value is -2.65. The maximum Gasteiger partial charge on any atom is 0.258 e. The molecule has 3 heterocycles. The highest BCUT2D eigenvalue weighted by molar-refractivity contribution is 7.98. The normalized spacial score (nSPS) is 12.9. The second kappa shape index (κ2) is 9.07. The van der Waals surface area contributed by atoms with Gasteiger partial charge in [-0.25, -0.2) is 4.98 Å². The van der Waals surface area contributed by atoms with Gasteiger partial charge in [0.05, 0.1) is 5.69 Å². The molecule has 1 atom stereocenters. The van der Waals surface area contributed by atoms with E-state index in [4.69, 9.17) is 4.74 Å². The average Bonchev–Trinajstić information content (AvgIpc) is 3.39. The smallest absolute Gasteiger partial charge is 0.258 e. The van der Waals surface area contributed by atoms with E-state index in [1.807, 2.05) is 24.4 Å². The molecule has 0 bridgehead atoms. The van der Waals surface area contributed by atoms with E-state index in [9.17, 15) is 4.79 Å². The second-order valence-electron chi connectivity index (χ2n) is 8.55. The van der Waals surface area contributed by atoms with Crippen molar-refractivity contribution in [1.29, 1.82) is 0 Å². The van der Waals surface area contributed by atoms with Gasteiger partial charge < -0.3 is 9.30 Å². The van der Waals surface area contributed by atoms with Crippen LogP contribution in [0.4, 0.5) is 0 Å². The third-order valence-electron chi connectivity index (χ3n) is 5.16. The van der Waals surface area contributed by atoms with Crippen molar-refractivity contribution in [3.63, 3.8) is 0 Å². The molecule has 4 rings (SSSR count). The van der Waals surface area contributed by atoms with Gasteiger partial charge in [0.1, 0.15) is 5.75 Å². The average molecular weight is 470 g/mol. The fourth-order valence-electron chi connectivity index (χ4n) is 3.40. The molecule has 0 saturated heterocycles. The zero-order valence-electron chi connectivity index (χ0n) is 18.9. The molecule has 0 aliphatic carbocycles. The summed E-state index contributed by atoms with van der Waals surface area (Å²) in [7, 11) is 0. The molecule has 7 nitrogen and oxygen atoms in total. The lowest BCUT2D eigenvalue weighted by Crippen LogP contribution is -2.13. The Morgan fingerprint density at radius 1 is 1.19 bits per heavy atom. The fraction of sp³-hybridized carbons (Fsp3) is 0.391. The summed E-state index contributed by atoms with van der Waals surface area (Å²) in [5, 5.41) is 11.4. The summed E-state index contributed by atoms with van der Waals surface area (Å²) in [5.41, 5.74) is 2.04. The summed E-state index contributed by atoms with van der Waals surface area (Å²) in [6.07, 6.45) is 1.49. The fourth-order valence-corrected chi connectivity index (χ4v) is 5.04. The van der Waals surface area contributed by atoms with Crippen molar-refractivity contribution in [2.24, 2.45) is 0 Å². The van der Waals surface area contributed by atoms with E-state index in [1.54, 1.807) is 16.7 Å². The number of hydrogen-bond donors (Lipinski definition) is 0. The van der Waals surface area contributed by atoms with Crippen molar-refractivity contribution in [3.8, 4) is 5.75 Å². The second-order valence-corrected chi connectivity index (χ2v) is 10.4. The molecule has 0 radical (unpaired) electrons. The van der Waals surface area contributed by atoms with Crippen molar-refractivity contribution in [2.45, 2.75) is 63.6 Å². The van der Waals surface area contributed by atoms with Gasteiger partial charge in [0.15, 0.2) is 22.0 Å². The minimum Gasteiger partial charge on any atom is -0.483 e. The van der Waals surface area contributed by atoms with Gasteiger partial charge in [0.2, 0.25) is 0 Å². The van der Waals surface area contributed by atoms with E-state index in [0.717, 1.165) is 29.0 Å². The maximum absolute atomic E-state index is 12.2. The predicted octanol–water partition coefficient (Wildman–Crippen LogP) is 5.10. The Labute approximate surface area is 195 Å².